The Bertz CT molecular complexity index is 1090. The highest BCUT2D eigenvalue weighted by molar-refractivity contribution is 9.10. The van der Waals surface area contributed by atoms with E-state index >= 15 is 0 Å². The number of nitriles is 1. The molecule has 3 aromatic rings. The fourth-order valence-electron chi connectivity index (χ4n) is 2.55. The molecule has 0 bridgehead atoms. The van der Waals surface area contributed by atoms with Crippen molar-refractivity contribution in [2.75, 3.05) is 4.90 Å². The predicted molar refractivity (Wildman–Crippen MR) is 104 cm³/mol. The summed E-state index contributed by atoms with van der Waals surface area (Å²) < 4.78 is 14.4. The molecule has 0 unspecified atom stereocenters. The van der Waals surface area contributed by atoms with Crippen LogP contribution in [0, 0.1) is 17.1 Å². The number of primary amides is 1. The van der Waals surface area contributed by atoms with Gasteiger partial charge in [0.15, 0.2) is 0 Å². The number of carbonyl (C=O) groups excluding carboxylic acids is 2. The number of nitrogens with zero attached hydrogens (tertiary/aromatic N) is 3. The van der Waals surface area contributed by atoms with Crippen LogP contribution < -0.4 is 10.6 Å². The molecule has 0 radical (unpaired) electrons. The molecule has 138 valence electrons. The summed E-state index contributed by atoms with van der Waals surface area (Å²) in [6.45, 7) is 0. The highest BCUT2D eigenvalue weighted by Crippen LogP contribution is 2.30. The van der Waals surface area contributed by atoms with Crippen LogP contribution in [-0.2, 0) is 0 Å². The summed E-state index contributed by atoms with van der Waals surface area (Å²) in [7, 11) is 0. The van der Waals surface area contributed by atoms with Gasteiger partial charge in [0, 0.05) is 16.2 Å². The van der Waals surface area contributed by atoms with Gasteiger partial charge >= 0.3 is 0 Å². The average Bonchev–Trinajstić information content (AvgIpc) is 2.70. The van der Waals surface area contributed by atoms with Crippen LogP contribution in [0.3, 0.4) is 0 Å². The van der Waals surface area contributed by atoms with E-state index in [-0.39, 0.29) is 22.6 Å². The second kappa shape index (κ2) is 7.98. The van der Waals surface area contributed by atoms with E-state index in [1.54, 1.807) is 12.1 Å². The highest BCUT2D eigenvalue weighted by Gasteiger charge is 2.25. The van der Waals surface area contributed by atoms with Crippen LogP contribution in [0.4, 0.5) is 15.9 Å². The summed E-state index contributed by atoms with van der Waals surface area (Å²) in [6, 6.07) is 14.6. The summed E-state index contributed by atoms with van der Waals surface area (Å²) >= 11 is 3.28. The standard InChI is InChI=1S/C20H12BrFN4O2/c21-14-5-8-18(25-11-14)26(17-7-6-15(22)9-16(17)19(24)27)20(28)13-3-1-12(10-23)2-4-13/h1-9,11H,(H2,24,27). The third-order valence-electron chi connectivity index (χ3n) is 3.87. The molecule has 28 heavy (non-hydrogen) atoms. The van der Waals surface area contributed by atoms with Gasteiger partial charge in [0.1, 0.15) is 11.6 Å². The first-order valence-electron chi connectivity index (χ1n) is 7.96. The SMILES string of the molecule is N#Cc1ccc(C(=O)N(c2ccc(Br)cn2)c2ccc(F)cc2C(N)=O)cc1. The summed E-state index contributed by atoms with van der Waals surface area (Å²) in [6.07, 6.45) is 1.49. The number of aromatic nitrogens is 1. The minimum Gasteiger partial charge on any atom is -0.366 e. The van der Waals surface area contributed by atoms with E-state index in [1.165, 1.54) is 41.4 Å². The van der Waals surface area contributed by atoms with E-state index in [0.29, 0.717) is 10.0 Å². The monoisotopic (exact) mass is 438 g/mol. The third-order valence-corrected chi connectivity index (χ3v) is 4.34. The van der Waals surface area contributed by atoms with E-state index in [0.717, 1.165) is 12.1 Å². The van der Waals surface area contributed by atoms with Crippen molar-refractivity contribution in [3.05, 3.63) is 87.8 Å². The molecule has 0 saturated heterocycles. The Morgan fingerprint density at radius 2 is 1.82 bits per heavy atom. The lowest BCUT2D eigenvalue weighted by molar-refractivity contribution is 0.0998. The number of anilines is 2. The maximum Gasteiger partial charge on any atom is 0.264 e. The molecule has 0 aliphatic heterocycles. The Balaban J connectivity index is 2.18. The first kappa shape index (κ1) is 19.2. The molecule has 3 rings (SSSR count). The Morgan fingerprint density at radius 3 is 2.39 bits per heavy atom. The van der Waals surface area contributed by atoms with Gasteiger partial charge in [0.25, 0.3) is 11.8 Å². The maximum atomic E-state index is 13.7. The highest BCUT2D eigenvalue weighted by atomic mass is 79.9. The van der Waals surface area contributed by atoms with Gasteiger partial charge in [0.2, 0.25) is 0 Å². The van der Waals surface area contributed by atoms with Crippen molar-refractivity contribution < 1.29 is 14.0 Å². The third kappa shape index (κ3) is 3.89. The van der Waals surface area contributed by atoms with Crippen molar-refractivity contribution in [3.63, 3.8) is 0 Å². The lowest BCUT2D eigenvalue weighted by Crippen LogP contribution is -2.29. The van der Waals surface area contributed by atoms with Gasteiger partial charge in [-0.25, -0.2) is 9.37 Å². The molecular formula is C20H12BrFN4O2. The molecule has 0 saturated carbocycles. The zero-order chi connectivity index (χ0) is 20.3. The van der Waals surface area contributed by atoms with Gasteiger partial charge in [-0.3, -0.25) is 14.5 Å². The number of nitrogens with two attached hydrogens (primary N) is 1. The Kier molecular flexibility index (Phi) is 5.47. The molecule has 8 heteroatoms. The Hall–Kier alpha value is -3.57. The maximum absolute atomic E-state index is 13.7. The molecular weight excluding hydrogens is 427 g/mol. The summed E-state index contributed by atoms with van der Waals surface area (Å²) in [5, 5.41) is 8.94. The Labute approximate surface area is 168 Å². The predicted octanol–water partition coefficient (Wildman–Crippen LogP) is 3.93. The van der Waals surface area contributed by atoms with Crippen LogP contribution in [-0.4, -0.2) is 16.8 Å². The molecule has 0 fully saturated rings. The number of halogens is 2. The number of amides is 2. The lowest BCUT2D eigenvalue weighted by atomic mass is 10.1. The molecule has 0 atom stereocenters. The average molecular weight is 439 g/mol. The smallest absolute Gasteiger partial charge is 0.264 e. The lowest BCUT2D eigenvalue weighted by Gasteiger charge is -2.24. The van der Waals surface area contributed by atoms with Crippen LogP contribution in [0.2, 0.25) is 0 Å². The summed E-state index contributed by atoms with van der Waals surface area (Å²) in [5.41, 5.74) is 5.97. The fourth-order valence-corrected chi connectivity index (χ4v) is 2.79. The van der Waals surface area contributed by atoms with Crippen LogP contribution in [0.15, 0.2) is 65.3 Å². The largest absolute Gasteiger partial charge is 0.366 e. The number of carbonyl (C=O) groups is 2. The van der Waals surface area contributed by atoms with Crippen LogP contribution in [0.1, 0.15) is 26.3 Å². The van der Waals surface area contributed by atoms with Crippen LogP contribution >= 0.6 is 15.9 Å². The molecule has 0 aliphatic carbocycles. The molecule has 6 nitrogen and oxygen atoms in total. The first-order chi connectivity index (χ1) is 13.4. The second-order valence-corrected chi connectivity index (χ2v) is 6.61. The topological polar surface area (TPSA) is 100 Å². The zero-order valence-corrected chi connectivity index (χ0v) is 15.9. The summed E-state index contributed by atoms with van der Waals surface area (Å²) in [4.78, 5) is 30.5. The van der Waals surface area contributed by atoms with E-state index in [2.05, 4.69) is 20.9 Å². The van der Waals surface area contributed by atoms with Gasteiger partial charge in [0.05, 0.1) is 22.9 Å². The van der Waals surface area contributed by atoms with Gasteiger partial charge in [-0.15, -0.1) is 0 Å². The number of hydrogen-bond donors (Lipinski definition) is 1. The first-order valence-corrected chi connectivity index (χ1v) is 8.75. The molecule has 2 aromatic carbocycles. The fraction of sp³-hybridized carbons (Fsp3) is 0. The molecule has 2 N–H and O–H groups in total. The van der Waals surface area contributed by atoms with Crippen molar-refractivity contribution in [1.29, 1.82) is 5.26 Å². The number of pyridine rings is 1. The number of hydrogen-bond acceptors (Lipinski definition) is 4. The minimum absolute atomic E-state index is 0.0954. The molecule has 1 heterocycles. The van der Waals surface area contributed by atoms with Crippen molar-refractivity contribution in [2.24, 2.45) is 5.73 Å². The quantitative estimate of drug-likeness (QED) is 0.666. The molecule has 1 aromatic heterocycles. The van der Waals surface area contributed by atoms with Crippen LogP contribution in [0.5, 0.6) is 0 Å². The van der Waals surface area contributed by atoms with Gasteiger partial charge in [-0.2, -0.15) is 5.26 Å². The summed E-state index contributed by atoms with van der Waals surface area (Å²) in [5.74, 6) is -1.85. The van der Waals surface area contributed by atoms with E-state index < -0.39 is 17.6 Å². The van der Waals surface area contributed by atoms with Crippen molar-refractivity contribution in [3.8, 4) is 6.07 Å². The van der Waals surface area contributed by atoms with Crippen LogP contribution in [0.25, 0.3) is 0 Å². The van der Waals surface area contributed by atoms with E-state index in [4.69, 9.17) is 11.0 Å². The number of benzene rings is 2. The van der Waals surface area contributed by atoms with Gasteiger partial charge < -0.3 is 5.73 Å². The van der Waals surface area contributed by atoms with E-state index in [9.17, 15) is 14.0 Å². The minimum atomic E-state index is -0.885. The molecule has 0 spiro atoms. The van der Waals surface area contributed by atoms with Gasteiger partial charge in [-0.1, -0.05) is 0 Å². The zero-order valence-electron chi connectivity index (χ0n) is 14.3. The second-order valence-electron chi connectivity index (χ2n) is 5.69. The van der Waals surface area contributed by atoms with Crippen molar-refractivity contribution >= 4 is 39.2 Å². The Morgan fingerprint density at radius 1 is 1.11 bits per heavy atom. The molecule has 2 amide bonds. The van der Waals surface area contributed by atoms with Crippen molar-refractivity contribution in [1.82, 2.24) is 4.98 Å². The number of rotatable bonds is 4. The molecule has 0 aliphatic rings. The van der Waals surface area contributed by atoms with E-state index in [1.807, 2.05) is 6.07 Å². The van der Waals surface area contributed by atoms with Crippen molar-refractivity contribution in [2.45, 2.75) is 0 Å². The normalized spacial score (nSPS) is 10.2. The van der Waals surface area contributed by atoms with Gasteiger partial charge in [-0.05, 0) is 70.5 Å².